The van der Waals surface area contributed by atoms with Crippen LogP contribution in [0.4, 0.5) is 0 Å². The molecular weight excluding hydrogens is 158 g/mol. The normalized spacial score (nSPS) is 15.9. The summed E-state index contributed by atoms with van der Waals surface area (Å²) in [5.41, 5.74) is 0. The lowest BCUT2D eigenvalue weighted by molar-refractivity contribution is -0.312. The molecule has 0 aromatic heterocycles. The summed E-state index contributed by atoms with van der Waals surface area (Å²) in [6.45, 7) is 3.08. The maximum atomic E-state index is 10.1. The average molecular weight is 175 g/mol. The van der Waals surface area contributed by atoms with Crippen LogP contribution in [0.25, 0.3) is 0 Å². The lowest BCUT2D eigenvalue weighted by Gasteiger charge is -2.07. The minimum absolute atomic E-state index is 0.0926. The molecule has 0 bridgehead atoms. The number of nitrogens with zero attached hydrogens (tertiary/aromatic N) is 1. The number of rotatable bonds is 0. The fourth-order valence-corrected chi connectivity index (χ4v) is 0.440. The Morgan fingerprint density at radius 2 is 1.50 bits per heavy atom. The van der Waals surface area contributed by atoms with Crippen LogP contribution in [0.3, 0.4) is 0 Å². The topological polar surface area (TPSA) is 38.8 Å². The fraction of sp³-hybridized carbons (Fsp3) is 0.875. The number of amides is 1. The van der Waals surface area contributed by atoms with E-state index in [9.17, 15) is 4.79 Å². The zero-order chi connectivity index (χ0) is 9.40. The zero-order valence-electron chi connectivity index (χ0n) is 8.00. The van der Waals surface area contributed by atoms with E-state index in [1.54, 1.807) is 14.1 Å². The second-order valence-electron chi connectivity index (χ2n) is 2.76. The standard InChI is InChI=1S/C4H9NO.C4H8O2/c1-4(6)5(2)3;1-2-4-6-5-3-1/h1-3H3;1-4H2. The van der Waals surface area contributed by atoms with E-state index in [4.69, 9.17) is 0 Å². The van der Waals surface area contributed by atoms with E-state index < -0.39 is 0 Å². The van der Waals surface area contributed by atoms with E-state index in [0.29, 0.717) is 0 Å². The summed E-state index contributed by atoms with van der Waals surface area (Å²) in [7, 11) is 3.45. The van der Waals surface area contributed by atoms with E-state index in [1.807, 2.05) is 0 Å². The molecule has 1 saturated heterocycles. The Balaban J connectivity index is 0.000000202. The van der Waals surface area contributed by atoms with Crippen molar-refractivity contribution in [2.45, 2.75) is 19.8 Å². The SMILES string of the molecule is C1CCOOC1.CC(=O)N(C)C. The predicted molar refractivity (Wildman–Crippen MR) is 45.5 cm³/mol. The van der Waals surface area contributed by atoms with Gasteiger partial charge in [0.05, 0.1) is 13.2 Å². The summed E-state index contributed by atoms with van der Waals surface area (Å²) in [5.74, 6) is 0.0926. The monoisotopic (exact) mass is 175 g/mol. The van der Waals surface area contributed by atoms with Crippen LogP contribution in [0, 0.1) is 0 Å². The molecule has 1 heterocycles. The minimum atomic E-state index is 0.0926. The van der Waals surface area contributed by atoms with Crippen molar-refractivity contribution in [1.82, 2.24) is 4.90 Å². The van der Waals surface area contributed by atoms with Crippen LogP contribution in [0.2, 0.25) is 0 Å². The Morgan fingerprint density at radius 1 is 1.17 bits per heavy atom. The molecule has 0 aromatic carbocycles. The van der Waals surface area contributed by atoms with Gasteiger partial charge < -0.3 is 4.90 Å². The van der Waals surface area contributed by atoms with Crippen LogP contribution in [-0.2, 0) is 14.6 Å². The molecule has 0 radical (unpaired) electrons. The molecule has 1 aliphatic rings. The summed E-state index contributed by atoms with van der Waals surface area (Å²) in [5, 5.41) is 0. The highest BCUT2D eigenvalue weighted by molar-refractivity contribution is 5.72. The molecule has 4 heteroatoms. The first-order valence-electron chi connectivity index (χ1n) is 4.07. The lowest BCUT2D eigenvalue weighted by Crippen LogP contribution is -2.17. The lowest BCUT2D eigenvalue weighted by atomic mass is 10.3. The molecule has 1 rings (SSSR count). The molecule has 0 saturated carbocycles. The molecule has 1 fully saturated rings. The zero-order valence-corrected chi connectivity index (χ0v) is 8.00. The van der Waals surface area contributed by atoms with E-state index >= 15 is 0 Å². The quantitative estimate of drug-likeness (QED) is 0.512. The van der Waals surface area contributed by atoms with Gasteiger partial charge in [0, 0.05) is 21.0 Å². The Kier molecular flexibility index (Phi) is 6.70. The summed E-state index contributed by atoms with van der Waals surface area (Å²) in [4.78, 5) is 20.7. The first-order chi connectivity index (χ1) is 5.64. The largest absolute Gasteiger partial charge is 0.349 e. The highest BCUT2D eigenvalue weighted by atomic mass is 17.2. The van der Waals surface area contributed by atoms with Gasteiger partial charge >= 0.3 is 0 Å². The van der Waals surface area contributed by atoms with Crippen molar-refractivity contribution in [2.75, 3.05) is 27.3 Å². The third-order valence-corrected chi connectivity index (χ3v) is 1.42. The number of carbonyl (C=O) groups is 1. The Morgan fingerprint density at radius 3 is 1.58 bits per heavy atom. The Hall–Kier alpha value is -0.610. The van der Waals surface area contributed by atoms with E-state index in [2.05, 4.69) is 9.78 Å². The summed E-state index contributed by atoms with van der Waals surface area (Å²) < 4.78 is 0. The number of hydrogen-bond acceptors (Lipinski definition) is 3. The molecule has 1 aliphatic heterocycles. The van der Waals surface area contributed by atoms with Crippen LogP contribution >= 0.6 is 0 Å². The first kappa shape index (κ1) is 11.4. The number of carbonyl (C=O) groups excluding carboxylic acids is 1. The van der Waals surface area contributed by atoms with Gasteiger partial charge in [-0.05, 0) is 12.8 Å². The second kappa shape index (κ2) is 7.06. The summed E-state index contributed by atoms with van der Waals surface area (Å²) in [6, 6.07) is 0. The molecule has 72 valence electrons. The highest BCUT2D eigenvalue weighted by Gasteiger charge is 1.95. The van der Waals surface area contributed by atoms with Crippen molar-refractivity contribution in [1.29, 1.82) is 0 Å². The van der Waals surface area contributed by atoms with Crippen LogP contribution in [0.5, 0.6) is 0 Å². The third kappa shape index (κ3) is 7.50. The van der Waals surface area contributed by atoms with Crippen molar-refractivity contribution >= 4 is 5.91 Å². The Labute approximate surface area is 73.4 Å². The maximum Gasteiger partial charge on any atom is 0.218 e. The van der Waals surface area contributed by atoms with Gasteiger partial charge in [-0.25, -0.2) is 9.78 Å². The minimum Gasteiger partial charge on any atom is -0.349 e. The van der Waals surface area contributed by atoms with Crippen LogP contribution in [0.1, 0.15) is 19.8 Å². The predicted octanol–water partition coefficient (Wildman–Crippen LogP) is 0.823. The third-order valence-electron chi connectivity index (χ3n) is 1.42. The summed E-state index contributed by atoms with van der Waals surface area (Å²) >= 11 is 0. The van der Waals surface area contributed by atoms with Crippen LogP contribution in [0.15, 0.2) is 0 Å². The van der Waals surface area contributed by atoms with Gasteiger partial charge in [0.15, 0.2) is 0 Å². The molecule has 0 unspecified atom stereocenters. The van der Waals surface area contributed by atoms with Crippen molar-refractivity contribution < 1.29 is 14.6 Å². The fourth-order valence-electron chi connectivity index (χ4n) is 0.440. The molecule has 0 spiro atoms. The van der Waals surface area contributed by atoms with Gasteiger partial charge in [0.1, 0.15) is 0 Å². The van der Waals surface area contributed by atoms with Crippen LogP contribution < -0.4 is 0 Å². The van der Waals surface area contributed by atoms with Gasteiger partial charge in [0.2, 0.25) is 5.91 Å². The molecule has 0 atom stereocenters. The second-order valence-corrected chi connectivity index (χ2v) is 2.76. The van der Waals surface area contributed by atoms with Gasteiger partial charge in [-0.2, -0.15) is 0 Å². The van der Waals surface area contributed by atoms with Crippen molar-refractivity contribution in [2.24, 2.45) is 0 Å². The van der Waals surface area contributed by atoms with E-state index in [-0.39, 0.29) is 5.91 Å². The molecule has 4 nitrogen and oxygen atoms in total. The van der Waals surface area contributed by atoms with Gasteiger partial charge in [-0.3, -0.25) is 4.79 Å². The van der Waals surface area contributed by atoms with Gasteiger partial charge in [-0.15, -0.1) is 0 Å². The maximum absolute atomic E-state index is 10.1. The van der Waals surface area contributed by atoms with Crippen molar-refractivity contribution in [3.8, 4) is 0 Å². The summed E-state index contributed by atoms with van der Waals surface area (Å²) in [6.07, 6.45) is 2.31. The van der Waals surface area contributed by atoms with E-state index in [1.165, 1.54) is 11.8 Å². The van der Waals surface area contributed by atoms with Crippen LogP contribution in [-0.4, -0.2) is 38.1 Å². The highest BCUT2D eigenvalue weighted by Crippen LogP contribution is 1.97. The molecule has 0 aromatic rings. The Bertz CT molecular complexity index is 110. The van der Waals surface area contributed by atoms with E-state index in [0.717, 1.165) is 26.1 Å². The molecular formula is C8H17NO3. The molecule has 1 amide bonds. The molecule has 0 aliphatic carbocycles. The van der Waals surface area contributed by atoms with Crippen molar-refractivity contribution in [3.63, 3.8) is 0 Å². The number of hydrogen-bond donors (Lipinski definition) is 0. The average Bonchev–Trinajstić information content (AvgIpc) is 2.08. The van der Waals surface area contributed by atoms with Gasteiger partial charge in [-0.1, -0.05) is 0 Å². The molecule has 12 heavy (non-hydrogen) atoms. The molecule has 0 N–H and O–H groups in total. The smallest absolute Gasteiger partial charge is 0.218 e. The first-order valence-corrected chi connectivity index (χ1v) is 4.07. The van der Waals surface area contributed by atoms with Crippen molar-refractivity contribution in [3.05, 3.63) is 0 Å². The van der Waals surface area contributed by atoms with Gasteiger partial charge in [0.25, 0.3) is 0 Å².